The minimum absolute atomic E-state index is 0.138. The van der Waals surface area contributed by atoms with Gasteiger partial charge in [0.05, 0.1) is 5.41 Å². The van der Waals surface area contributed by atoms with Crippen molar-refractivity contribution < 1.29 is 58.9 Å². The molecule has 0 aromatic heterocycles. The minimum Gasteiger partial charge on any atom is -0.461 e. The van der Waals surface area contributed by atoms with Crippen LogP contribution in [0.2, 0.25) is 246 Å². The van der Waals surface area contributed by atoms with Gasteiger partial charge in [0.25, 0.3) is 0 Å². The Morgan fingerprint density at radius 3 is 0.720 bits per heavy atom. The van der Waals surface area contributed by atoms with E-state index >= 15 is 0 Å². The third kappa shape index (κ3) is 35.4. The molecule has 75 heavy (non-hydrogen) atoms. The predicted octanol–water partition coefficient (Wildman–Crippen LogP) is 16.1. The summed E-state index contributed by atoms with van der Waals surface area (Å²) in [5.74, 6) is -0.310. The van der Waals surface area contributed by atoms with Crippen LogP contribution in [0.1, 0.15) is 27.2 Å². The Bertz CT molecular complexity index is 1580. The fourth-order valence-electron chi connectivity index (χ4n) is 8.28. The number of rotatable bonds is 36. The summed E-state index contributed by atoms with van der Waals surface area (Å²) in [6.45, 7) is 79.3. The summed E-state index contributed by atoms with van der Waals surface area (Å²) in [6, 6.07) is 2.50. The highest BCUT2D eigenvalue weighted by atomic mass is 28.5. The molecule has 0 atom stereocenters. The lowest BCUT2D eigenvalue weighted by Crippen LogP contribution is -2.68. The van der Waals surface area contributed by atoms with Crippen molar-refractivity contribution in [2.24, 2.45) is 5.41 Å². The standard InChI is InChI=1S/C45H122O14Si16/c1-37-45(2,3)44(46)47-42-74(59-71(35,36)43-75(54-66(22,23)24,55-67(25,26)27)56-68(28,29)30,57-69(31,32)38-40-72(48-60(4,5)6,49-61(7,8)9)50-62(10,11)12)58-70(33,34)39-41-73(51-63(13,14)15,52-64(16,17)18)53-65(19,20)21/h37-43H2,1-36H3. The molecule has 0 unspecified atom stereocenters. The number of ether oxygens (including phenoxy) is 1. The van der Waals surface area contributed by atoms with E-state index in [0.717, 1.165) is 0 Å². The van der Waals surface area contributed by atoms with Crippen molar-refractivity contribution in [2.45, 2.75) is 273 Å². The highest BCUT2D eigenvalue weighted by Gasteiger charge is 2.61. The fourth-order valence-corrected chi connectivity index (χ4v) is 77.9. The molecule has 0 aliphatic rings. The molecule has 0 N–H and O–H groups in total. The maximum atomic E-state index is 14.4. The van der Waals surface area contributed by atoms with Crippen LogP contribution in [0, 0.1) is 5.41 Å². The van der Waals surface area contributed by atoms with Gasteiger partial charge in [-0.3, -0.25) is 4.79 Å². The van der Waals surface area contributed by atoms with Gasteiger partial charge < -0.3 is 54.1 Å². The van der Waals surface area contributed by atoms with Crippen molar-refractivity contribution in [3.63, 3.8) is 0 Å². The van der Waals surface area contributed by atoms with Crippen LogP contribution in [0.4, 0.5) is 0 Å². The van der Waals surface area contributed by atoms with Crippen molar-refractivity contribution >= 4 is 141 Å². The van der Waals surface area contributed by atoms with Gasteiger partial charge in [0, 0.05) is 17.8 Å². The van der Waals surface area contributed by atoms with Crippen molar-refractivity contribution in [3.8, 4) is 0 Å². The van der Waals surface area contributed by atoms with Crippen molar-refractivity contribution in [1.82, 2.24) is 0 Å². The van der Waals surface area contributed by atoms with Gasteiger partial charge in [-0.25, -0.2) is 0 Å². The molecule has 0 bridgehead atoms. The maximum Gasteiger partial charge on any atom is 0.509 e. The third-order valence-electron chi connectivity index (χ3n) is 9.98. The van der Waals surface area contributed by atoms with Crippen molar-refractivity contribution in [3.05, 3.63) is 0 Å². The first-order valence-electron chi connectivity index (χ1n) is 27.9. The topological polar surface area (TPSA) is 137 Å². The van der Waals surface area contributed by atoms with E-state index in [0.29, 0.717) is 36.3 Å². The van der Waals surface area contributed by atoms with Gasteiger partial charge >= 0.3 is 41.2 Å². The molecule has 0 spiro atoms. The lowest BCUT2D eigenvalue weighted by Gasteiger charge is -2.49. The van der Waals surface area contributed by atoms with Gasteiger partial charge in [-0.1, -0.05) is 6.92 Å². The number of carbonyl (C=O) groups excluding carboxylic acids is 1. The largest absolute Gasteiger partial charge is 0.509 e. The Hall–Kier alpha value is 2.46. The van der Waals surface area contributed by atoms with Crippen LogP contribution in [-0.2, 0) is 58.9 Å². The molecule has 0 aliphatic heterocycles. The van der Waals surface area contributed by atoms with Gasteiger partial charge in [0.15, 0.2) is 106 Å². The molecule has 0 rings (SSSR count). The first-order chi connectivity index (χ1) is 32.3. The smallest absolute Gasteiger partial charge is 0.461 e. The van der Waals surface area contributed by atoms with Gasteiger partial charge in [-0.2, -0.15) is 0 Å². The van der Waals surface area contributed by atoms with E-state index in [2.05, 4.69) is 216 Å². The van der Waals surface area contributed by atoms with Crippen LogP contribution in [-0.4, -0.2) is 147 Å². The average Bonchev–Trinajstić information content (AvgIpc) is 3.00. The predicted molar refractivity (Wildman–Crippen MR) is 358 cm³/mol. The monoisotopic (exact) mass is 1330 g/mol. The van der Waals surface area contributed by atoms with Crippen LogP contribution in [0.15, 0.2) is 0 Å². The van der Waals surface area contributed by atoms with Crippen molar-refractivity contribution in [1.29, 1.82) is 0 Å². The molecule has 0 aromatic rings. The average molecular weight is 1340 g/mol. The Labute approximate surface area is 480 Å². The normalized spacial score (nSPS) is 15.7. The first kappa shape index (κ1) is 77.5. The van der Waals surface area contributed by atoms with Gasteiger partial charge in [-0.05, 0) is 248 Å². The number of carbonyl (C=O) groups is 1. The zero-order valence-corrected chi connectivity index (χ0v) is 71.7. The molecule has 0 radical (unpaired) electrons. The zero-order valence-electron chi connectivity index (χ0n) is 55.7. The van der Waals surface area contributed by atoms with E-state index in [4.69, 9.17) is 54.1 Å². The Balaban J connectivity index is 8.81. The number of esters is 1. The maximum absolute atomic E-state index is 14.4. The van der Waals surface area contributed by atoms with E-state index in [1.807, 2.05) is 20.8 Å². The fraction of sp³-hybridized carbons (Fsp3) is 0.978. The lowest BCUT2D eigenvalue weighted by atomic mass is 9.91. The molecule has 0 saturated carbocycles. The van der Waals surface area contributed by atoms with E-state index in [1.54, 1.807) is 0 Å². The second kappa shape index (κ2) is 26.8. The molecule has 30 heteroatoms. The Morgan fingerprint density at radius 2 is 0.507 bits per heavy atom. The van der Waals surface area contributed by atoms with Gasteiger partial charge in [0.1, 0.15) is 0 Å². The molecule has 0 saturated heterocycles. The number of hydrogen-bond acceptors (Lipinski definition) is 14. The van der Waals surface area contributed by atoms with Crippen LogP contribution in [0.5, 0.6) is 0 Å². The lowest BCUT2D eigenvalue weighted by molar-refractivity contribution is -0.153. The highest BCUT2D eigenvalue weighted by Crippen LogP contribution is 2.40. The Kier molecular flexibility index (Phi) is 27.7. The summed E-state index contributed by atoms with van der Waals surface area (Å²) in [4.78, 5) is 14.4. The van der Waals surface area contributed by atoms with E-state index in [-0.39, 0.29) is 12.2 Å². The molecule has 0 aromatic carbocycles. The van der Waals surface area contributed by atoms with Crippen LogP contribution >= 0.6 is 0 Å². The van der Waals surface area contributed by atoms with Crippen LogP contribution in [0.25, 0.3) is 0 Å². The quantitative estimate of drug-likeness (QED) is 0.0434. The van der Waals surface area contributed by atoms with Crippen molar-refractivity contribution in [2.75, 3.05) is 6.23 Å². The third-order valence-corrected chi connectivity index (χ3v) is 64.8. The van der Waals surface area contributed by atoms with E-state index in [1.165, 1.54) is 0 Å². The van der Waals surface area contributed by atoms with E-state index < -0.39 is 140 Å². The summed E-state index contributed by atoms with van der Waals surface area (Å²) in [5.41, 5.74) is -0.263. The highest BCUT2D eigenvalue weighted by molar-refractivity contribution is 7.00. The molecule has 0 heterocycles. The SMILES string of the molecule is CCC(C)(C)C(=O)OC[Si](O[Si](C)(C)CC[Si](O[Si](C)(C)C)(O[Si](C)(C)C)O[Si](C)(C)C)(O[Si](C)(C)CC[Si](O[Si](C)(C)C)(O[Si](C)(C)C)O[Si](C)(C)C)O[Si](C)(C)C[Si](O[Si](C)(C)C)(O[Si](C)(C)C)O[Si](C)(C)C. The molecule has 0 amide bonds. The second-order valence-electron chi connectivity index (χ2n) is 32.2. The minimum atomic E-state index is -4.14. The second-order valence-corrected chi connectivity index (χ2v) is 99.8. The summed E-state index contributed by atoms with van der Waals surface area (Å²) >= 11 is 0. The zero-order chi connectivity index (χ0) is 60.2. The Morgan fingerprint density at radius 1 is 0.293 bits per heavy atom. The molecule has 14 nitrogen and oxygen atoms in total. The first-order valence-corrected chi connectivity index (χ1v) is 75.6. The number of hydrogen-bond donors (Lipinski definition) is 0. The van der Waals surface area contributed by atoms with E-state index in [9.17, 15) is 4.79 Å². The molecule has 450 valence electrons. The summed E-state index contributed by atoms with van der Waals surface area (Å²) < 4.78 is 96.0. The van der Waals surface area contributed by atoms with Gasteiger partial charge in [0.2, 0.25) is 0 Å². The molecule has 0 aliphatic carbocycles. The van der Waals surface area contributed by atoms with Crippen LogP contribution in [0.3, 0.4) is 0 Å². The van der Waals surface area contributed by atoms with Gasteiger partial charge in [-0.15, -0.1) is 0 Å². The summed E-state index contributed by atoms with van der Waals surface area (Å²) in [6.07, 6.45) is 0.463. The summed E-state index contributed by atoms with van der Waals surface area (Å²) in [5, 5.41) is 0. The molecular formula is C45H122O14Si16. The van der Waals surface area contributed by atoms with Crippen LogP contribution < -0.4 is 0 Å². The molecule has 0 fully saturated rings. The summed E-state index contributed by atoms with van der Waals surface area (Å²) in [7, 11) is -43.1. The molecular weight excluding hydrogens is 1210 g/mol.